The number of carbonyl (C=O) groups is 1. The number of fused-ring (bicyclic) bond motifs is 5. The second kappa shape index (κ2) is 13.3. The van der Waals surface area contributed by atoms with Gasteiger partial charge < -0.3 is 14.9 Å². The Morgan fingerprint density at radius 1 is 0.870 bits per heavy atom. The number of hydrogen-bond acceptors (Lipinski definition) is 5. The van der Waals surface area contributed by atoms with Crippen molar-refractivity contribution in [3.05, 3.63) is 135 Å². The van der Waals surface area contributed by atoms with Crippen LogP contribution in [0.1, 0.15) is 69.9 Å². The molecule has 3 aliphatic rings. The summed E-state index contributed by atoms with van der Waals surface area (Å²) < 4.78 is 13.2. The van der Waals surface area contributed by atoms with Crippen molar-refractivity contribution in [1.82, 2.24) is 9.80 Å². The molecule has 3 aliphatic heterocycles. The lowest BCUT2D eigenvalue weighted by Crippen LogP contribution is -2.48. The number of aliphatic hydroxyl groups is 1. The summed E-state index contributed by atoms with van der Waals surface area (Å²) in [6.07, 6.45) is 3.40. The van der Waals surface area contributed by atoms with Crippen molar-refractivity contribution in [3.8, 4) is 0 Å². The fourth-order valence-corrected chi connectivity index (χ4v) is 7.79. The molecular weight excluding hydrogens is 597 g/mol. The Morgan fingerprint density at radius 3 is 2.41 bits per heavy atom. The second-order valence-electron chi connectivity index (χ2n) is 13.2. The van der Waals surface area contributed by atoms with Gasteiger partial charge in [0.05, 0.1) is 11.6 Å². The maximum Gasteiger partial charge on any atom is 0.162 e. The van der Waals surface area contributed by atoms with Gasteiger partial charge in [0.1, 0.15) is 5.82 Å². The number of rotatable bonds is 8. The highest BCUT2D eigenvalue weighted by Gasteiger charge is 2.36. The van der Waals surface area contributed by atoms with Crippen molar-refractivity contribution < 1.29 is 14.3 Å². The van der Waals surface area contributed by atoms with E-state index in [0.717, 1.165) is 74.8 Å². The van der Waals surface area contributed by atoms with E-state index >= 15 is 0 Å². The number of likely N-dealkylation sites (tertiary alicyclic amines) is 1. The number of halogens is 2. The number of Topliss-reactive ketones (excluding diaryl/α,β-unsaturated/α-hetero) is 1. The molecule has 2 fully saturated rings. The van der Waals surface area contributed by atoms with Crippen LogP contribution in [0.25, 0.3) is 0 Å². The van der Waals surface area contributed by atoms with Crippen LogP contribution in [0.5, 0.6) is 0 Å². The predicted octanol–water partition coefficient (Wildman–Crippen LogP) is 7.39. The van der Waals surface area contributed by atoms with Crippen molar-refractivity contribution in [2.45, 2.75) is 50.3 Å². The predicted molar refractivity (Wildman–Crippen MR) is 182 cm³/mol. The van der Waals surface area contributed by atoms with E-state index in [-0.39, 0.29) is 17.6 Å². The molecule has 0 spiro atoms. The van der Waals surface area contributed by atoms with Crippen molar-refractivity contribution in [1.29, 1.82) is 0 Å². The zero-order valence-electron chi connectivity index (χ0n) is 26.2. The Labute approximate surface area is 276 Å². The first-order chi connectivity index (χ1) is 22.4. The molecule has 7 rings (SSSR count). The first-order valence-corrected chi connectivity index (χ1v) is 16.9. The lowest BCUT2D eigenvalue weighted by molar-refractivity contribution is -0.0261. The van der Waals surface area contributed by atoms with Crippen LogP contribution in [0.4, 0.5) is 10.1 Å². The summed E-state index contributed by atoms with van der Waals surface area (Å²) in [6, 6.07) is 29.8. The number of hydrogen-bond donors (Lipinski definition) is 1. The van der Waals surface area contributed by atoms with E-state index in [0.29, 0.717) is 24.8 Å². The van der Waals surface area contributed by atoms with Crippen LogP contribution in [-0.4, -0.2) is 60.0 Å². The average Bonchev–Trinajstić information content (AvgIpc) is 3.21. The minimum atomic E-state index is -0.900. The highest BCUT2D eigenvalue weighted by Crippen LogP contribution is 2.40. The normalized spacial score (nSPS) is 19.5. The minimum absolute atomic E-state index is 0.0386. The van der Waals surface area contributed by atoms with Crippen LogP contribution in [0.2, 0.25) is 5.02 Å². The molecule has 0 amide bonds. The van der Waals surface area contributed by atoms with E-state index < -0.39 is 5.60 Å². The molecular formula is C39H41ClFN3O2. The molecule has 4 aromatic rings. The van der Waals surface area contributed by atoms with E-state index in [1.165, 1.54) is 34.5 Å². The highest BCUT2D eigenvalue weighted by atomic mass is 35.5. The summed E-state index contributed by atoms with van der Waals surface area (Å²) in [5, 5.41) is 12.5. The zero-order chi connectivity index (χ0) is 31.7. The average molecular weight is 638 g/mol. The fraction of sp³-hybridized carbons (Fsp3) is 0.359. The molecule has 0 saturated carbocycles. The Balaban J connectivity index is 0.986. The first-order valence-electron chi connectivity index (χ1n) is 16.5. The van der Waals surface area contributed by atoms with Crippen LogP contribution in [0.3, 0.4) is 0 Å². The number of carbonyl (C=O) groups excluding carboxylic acids is 1. The Morgan fingerprint density at radius 2 is 1.61 bits per heavy atom. The van der Waals surface area contributed by atoms with Gasteiger partial charge in [-0.15, -0.1) is 0 Å². The summed E-state index contributed by atoms with van der Waals surface area (Å²) in [5.41, 5.74) is 7.19. The third-order valence-electron chi connectivity index (χ3n) is 10.3. The van der Waals surface area contributed by atoms with Crippen molar-refractivity contribution >= 4 is 23.1 Å². The van der Waals surface area contributed by atoms with E-state index in [4.69, 9.17) is 11.6 Å². The van der Waals surface area contributed by atoms with Gasteiger partial charge in [-0.3, -0.25) is 9.69 Å². The molecule has 3 heterocycles. The lowest BCUT2D eigenvalue weighted by Gasteiger charge is -2.43. The third-order valence-corrected chi connectivity index (χ3v) is 10.6. The van der Waals surface area contributed by atoms with E-state index in [1.807, 2.05) is 12.1 Å². The molecule has 1 unspecified atom stereocenters. The van der Waals surface area contributed by atoms with Crippen LogP contribution < -0.4 is 4.90 Å². The van der Waals surface area contributed by atoms with E-state index in [2.05, 4.69) is 69.3 Å². The van der Waals surface area contributed by atoms with Crippen LogP contribution in [0, 0.1) is 5.82 Å². The monoisotopic (exact) mass is 637 g/mol. The summed E-state index contributed by atoms with van der Waals surface area (Å²) in [5.74, 6) is -0.294. The molecule has 46 heavy (non-hydrogen) atoms. The molecule has 4 aromatic carbocycles. The standard InChI is InChI=1S/C39H41ClFN3O2/c40-35-16-13-32(39(46)17-20-42(21-18-39)19-5-10-38(45)28-11-14-33(41)15-12-28)25-31(35)26-43-22-23-44-36-9-4-2-7-30(36)24-29-6-1-3-8-34(29)37(44)27-43/h1-4,6-9,11-16,25,37,46H,5,10,17-24,26-27H2. The van der Waals surface area contributed by atoms with Gasteiger partial charge >= 0.3 is 0 Å². The number of anilines is 1. The van der Waals surface area contributed by atoms with E-state index in [1.54, 1.807) is 12.1 Å². The quantitative estimate of drug-likeness (QED) is 0.204. The Hall–Kier alpha value is -3.55. The molecule has 0 aliphatic carbocycles. The summed E-state index contributed by atoms with van der Waals surface area (Å²) in [7, 11) is 0. The SMILES string of the molecule is O=C(CCCN1CCC(O)(c2ccc(Cl)c(CN3CCN4c5ccccc5Cc5ccccc5C4C3)c2)CC1)c1ccc(F)cc1. The first kappa shape index (κ1) is 31.1. The zero-order valence-corrected chi connectivity index (χ0v) is 26.9. The lowest BCUT2D eigenvalue weighted by atomic mass is 9.83. The molecule has 1 N–H and O–H groups in total. The van der Waals surface area contributed by atoms with Gasteiger partial charge in [-0.25, -0.2) is 4.39 Å². The summed E-state index contributed by atoms with van der Waals surface area (Å²) in [6.45, 7) is 5.88. The smallest absolute Gasteiger partial charge is 0.162 e. The molecule has 0 bridgehead atoms. The topological polar surface area (TPSA) is 47.0 Å². The van der Waals surface area contributed by atoms with Gasteiger partial charge in [0, 0.05) is 62.0 Å². The van der Waals surface area contributed by atoms with Crippen molar-refractivity contribution in [2.24, 2.45) is 0 Å². The van der Waals surface area contributed by atoms with Gasteiger partial charge in [-0.05, 0) is 96.4 Å². The summed E-state index contributed by atoms with van der Waals surface area (Å²) in [4.78, 5) is 19.9. The summed E-state index contributed by atoms with van der Waals surface area (Å²) >= 11 is 6.80. The van der Waals surface area contributed by atoms with Crippen LogP contribution in [-0.2, 0) is 18.6 Å². The molecule has 5 nitrogen and oxygen atoms in total. The molecule has 7 heteroatoms. The third kappa shape index (κ3) is 6.50. The van der Waals surface area contributed by atoms with Gasteiger partial charge in [-0.1, -0.05) is 66.2 Å². The number of piperidine rings is 1. The Kier molecular flexibility index (Phi) is 8.97. The Bertz CT molecular complexity index is 1700. The largest absolute Gasteiger partial charge is 0.385 e. The molecule has 2 saturated heterocycles. The van der Waals surface area contributed by atoms with Gasteiger partial charge in [-0.2, -0.15) is 0 Å². The highest BCUT2D eigenvalue weighted by molar-refractivity contribution is 6.31. The molecule has 1 atom stereocenters. The maximum atomic E-state index is 13.2. The van der Waals surface area contributed by atoms with Crippen molar-refractivity contribution in [3.63, 3.8) is 0 Å². The van der Waals surface area contributed by atoms with Crippen LogP contribution in [0.15, 0.2) is 91.0 Å². The van der Waals surface area contributed by atoms with Gasteiger partial charge in [0.2, 0.25) is 0 Å². The number of piperazine rings is 1. The second-order valence-corrected chi connectivity index (χ2v) is 13.6. The number of nitrogens with zero attached hydrogens (tertiary/aromatic N) is 3. The van der Waals surface area contributed by atoms with E-state index in [9.17, 15) is 14.3 Å². The number of benzene rings is 4. The van der Waals surface area contributed by atoms with Gasteiger partial charge in [0.15, 0.2) is 5.78 Å². The fourth-order valence-electron chi connectivity index (χ4n) is 7.61. The molecule has 238 valence electrons. The minimum Gasteiger partial charge on any atom is -0.385 e. The number of para-hydroxylation sites is 1. The van der Waals surface area contributed by atoms with Crippen LogP contribution >= 0.6 is 11.6 Å². The van der Waals surface area contributed by atoms with Crippen molar-refractivity contribution in [2.75, 3.05) is 44.2 Å². The maximum absolute atomic E-state index is 13.2. The number of ketones is 1. The molecule has 0 aromatic heterocycles. The van der Waals surface area contributed by atoms with Gasteiger partial charge in [0.25, 0.3) is 0 Å². The molecule has 0 radical (unpaired) electrons.